The maximum Gasteiger partial charge on any atom is 0.239 e. The number of hydrogen-bond acceptors (Lipinski definition) is 8. The number of nitrogens with one attached hydrogen (secondary N) is 2. The molecule has 11 nitrogen and oxygen atoms in total. The first kappa shape index (κ1) is 15.8. The van der Waals surface area contributed by atoms with Crippen molar-refractivity contribution in [2.45, 2.75) is 0 Å². The van der Waals surface area contributed by atoms with Gasteiger partial charge in [-0.3, -0.25) is 14.1 Å². The van der Waals surface area contributed by atoms with Crippen molar-refractivity contribution in [3.8, 4) is 0 Å². The summed E-state index contributed by atoms with van der Waals surface area (Å²) in [6.45, 7) is 0.0630. The number of thiol groups is 1. The molecule has 0 aliphatic carbocycles. The van der Waals surface area contributed by atoms with Gasteiger partial charge in [-0.05, 0) is 10.3 Å². The van der Waals surface area contributed by atoms with Crippen molar-refractivity contribution in [3.05, 3.63) is 5.69 Å². The van der Waals surface area contributed by atoms with Gasteiger partial charge in [0.1, 0.15) is 0 Å². The van der Waals surface area contributed by atoms with Gasteiger partial charge in [0.25, 0.3) is 0 Å². The van der Waals surface area contributed by atoms with Crippen molar-refractivity contribution in [1.29, 1.82) is 0 Å². The molecule has 0 unspecified atom stereocenters. The monoisotopic (exact) mass is 307 g/mol. The van der Waals surface area contributed by atoms with Gasteiger partial charge in [-0.15, -0.1) is 0 Å². The number of anilines is 1. The second kappa shape index (κ2) is 6.81. The first-order valence-electron chi connectivity index (χ1n) is 5.49. The van der Waals surface area contributed by atoms with Gasteiger partial charge < -0.3 is 21.6 Å². The number of aromatic nitrogens is 2. The van der Waals surface area contributed by atoms with E-state index in [1.165, 1.54) is 6.26 Å². The van der Waals surface area contributed by atoms with Gasteiger partial charge >= 0.3 is 0 Å². The molecule has 7 N–H and O–H groups in total. The molecular formula is C8H17N7O4S. The molecule has 0 saturated carbocycles. The highest BCUT2D eigenvalue weighted by molar-refractivity contribution is 8.00. The Labute approximate surface area is 115 Å². The van der Waals surface area contributed by atoms with E-state index < -0.39 is 10.1 Å². The van der Waals surface area contributed by atoms with Crippen LogP contribution in [0.1, 0.15) is 5.69 Å². The summed E-state index contributed by atoms with van der Waals surface area (Å²) in [5.74, 6) is -0.397. The summed E-state index contributed by atoms with van der Waals surface area (Å²) in [5.41, 5.74) is 5.31. The van der Waals surface area contributed by atoms with Crippen LogP contribution in [0, 0.1) is 0 Å². The van der Waals surface area contributed by atoms with Crippen LogP contribution in [0.4, 0.5) is 5.82 Å². The van der Waals surface area contributed by atoms with E-state index in [9.17, 15) is 9.00 Å². The molecule has 0 saturated heterocycles. The topological polar surface area (TPSA) is 182 Å². The molecule has 0 aliphatic rings. The summed E-state index contributed by atoms with van der Waals surface area (Å²) in [6.07, 6.45) is 1.43. The van der Waals surface area contributed by atoms with Crippen LogP contribution in [0.3, 0.4) is 0 Å². The van der Waals surface area contributed by atoms with E-state index in [-0.39, 0.29) is 42.1 Å². The van der Waals surface area contributed by atoms with Crippen LogP contribution in [0.25, 0.3) is 0 Å². The molecule has 0 aliphatic heterocycles. The number of nitrogens with zero attached hydrogens (tertiary/aromatic N) is 3. The molecule has 12 heteroatoms. The Kier molecular flexibility index (Phi) is 5.40. The summed E-state index contributed by atoms with van der Waals surface area (Å²) in [5, 5.41) is 28.6. The fraction of sp³-hybridized carbons (Fsp3) is 0.500. The van der Waals surface area contributed by atoms with Gasteiger partial charge in [0.2, 0.25) is 11.7 Å². The third kappa shape index (κ3) is 5.19. The molecule has 1 aromatic rings. The Morgan fingerprint density at radius 3 is 2.85 bits per heavy atom. The standard InChI is InChI=1S/C8H17N7O4S/c1-20(10,18)3-2-11-5(16)4-12-8-6(7(9)13-17)14-19-15-8/h17,20H,2-4H2,1H3,(H2,9,13)(H2,10,18)(H,11,16)(H,12,15). The Morgan fingerprint density at radius 1 is 1.55 bits per heavy atom. The minimum Gasteiger partial charge on any atom is -0.409 e. The van der Waals surface area contributed by atoms with E-state index in [1.54, 1.807) is 0 Å². The quantitative estimate of drug-likeness (QED) is 0.103. The van der Waals surface area contributed by atoms with Crippen LogP contribution < -0.4 is 21.5 Å². The first-order valence-corrected chi connectivity index (χ1v) is 7.90. The molecule has 0 fully saturated rings. The number of carbonyl (C=O) groups excluding carboxylic acids is 1. The van der Waals surface area contributed by atoms with E-state index in [1.807, 2.05) is 0 Å². The maximum absolute atomic E-state index is 11.5. The second-order valence-electron chi connectivity index (χ2n) is 4.05. The Hall–Kier alpha value is -2.21. The molecule has 1 amide bonds. The smallest absolute Gasteiger partial charge is 0.239 e. The largest absolute Gasteiger partial charge is 0.409 e. The molecule has 114 valence electrons. The van der Waals surface area contributed by atoms with Crippen molar-refractivity contribution >= 4 is 27.7 Å². The normalized spacial score (nSPS) is 13.0. The fourth-order valence-electron chi connectivity index (χ4n) is 1.16. The number of rotatable bonds is 7. The summed E-state index contributed by atoms with van der Waals surface area (Å²) in [4.78, 5) is 11.5. The predicted molar refractivity (Wildman–Crippen MR) is 72.8 cm³/mol. The van der Waals surface area contributed by atoms with Crippen LogP contribution in [-0.4, -0.2) is 56.6 Å². The molecule has 20 heavy (non-hydrogen) atoms. The molecule has 0 bridgehead atoms. The predicted octanol–water partition coefficient (Wildman–Crippen LogP) is -2.79. The van der Waals surface area contributed by atoms with E-state index >= 15 is 0 Å². The van der Waals surface area contributed by atoms with E-state index in [2.05, 4.69) is 30.7 Å². The number of amidine groups is 1. The molecule has 1 rings (SSSR count). The number of carbonyl (C=O) groups is 1. The highest BCUT2D eigenvalue weighted by atomic mass is 32.3. The zero-order chi connectivity index (χ0) is 15.2. The highest BCUT2D eigenvalue weighted by Crippen LogP contribution is 2.07. The van der Waals surface area contributed by atoms with Gasteiger partial charge in [-0.25, -0.2) is 4.63 Å². The Balaban J connectivity index is 2.42. The van der Waals surface area contributed by atoms with Crippen molar-refractivity contribution in [1.82, 2.24) is 15.6 Å². The van der Waals surface area contributed by atoms with Gasteiger partial charge in [-0.1, -0.05) is 15.3 Å². The molecule has 0 spiro atoms. The van der Waals surface area contributed by atoms with Crippen LogP contribution in [0.2, 0.25) is 0 Å². The molecule has 1 heterocycles. The zero-order valence-electron chi connectivity index (χ0n) is 10.7. The lowest BCUT2D eigenvalue weighted by molar-refractivity contribution is -0.119. The zero-order valence-corrected chi connectivity index (χ0v) is 11.6. The Bertz CT molecular complexity index is 537. The molecule has 0 atom stereocenters. The molecule has 1 aromatic heterocycles. The van der Waals surface area contributed by atoms with Crippen molar-refractivity contribution in [3.63, 3.8) is 0 Å². The molecule has 0 radical (unpaired) electrons. The number of amides is 1. The maximum atomic E-state index is 11.5. The average molecular weight is 307 g/mol. The van der Waals surface area contributed by atoms with E-state index in [0.29, 0.717) is 0 Å². The number of oxime groups is 1. The number of nitrogens with two attached hydrogens (primary N) is 2. The van der Waals surface area contributed by atoms with Gasteiger partial charge in [0.05, 0.1) is 6.54 Å². The van der Waals surface area contributed by atoms with Crippen molar-refractivity contribution < 1.29 is 18.8 Å². The summed E-state index contributed by atoms with van der Waals surface area (Å²) >= 11 is 0. The van der Waals surface area contributed by atoms with Crippen molar-refractivity contribution in [2.24, 2.45) is 16.0 Å². The molecular weight excluding hydrogens is 290 g/mol. The minimum atomic E-state index is -2.65. The third-order valence-electron chi connectivity index (χ3n) is 2.13. The van der Waals surface area contributed by atoms with Crippen LogP contribution in [0.15, 0.2) is 9.78 Å². The first-order chi connectivity index (χ1) is 9.33. The minimum absolute atomic E-state index is 0.0136. The SMILES string of the molecule is C[SH](N)(=O)CCNC(=O)CNc1nonc1/C(N)=N/O. The summed E-state index contributed by atoms with van der Waals surface area (Å²) in [7, 11) is -2.65. The summed E-state index contributed by atoms with van der Waals surface area (Å²) < 4.78 is 15.6. The van der Waals surface area contributed by atoms with E-state index in [4.69, 9.17) is 16.1 Å². The lowest BCUT2D eigenvalue weighted by atomic mass is 10.4. The fourth-order valence-corrected chi connectivity index (χ4v) is 1.72. The van der Waals surface area contributed by atoms with Crippen molar-refractivity contribution in [2.75, 3.05) is 30.4 Å². The van der Waals surface area contributed by atoms with Crippen LogP contribution >= 0.6 is 0 Å². The van der Waals surface area contributed by atoms with Crippen LogP contribution in [-0.2, 0) is 14.9 Å². The van der Waals surface area contributed by atoms with Gasteiger partial charge in [-0.2, -0.15) is 0 Å². The Morgan fingerprint density at radius 2 is 2.25 bits per heavy atom. The lowest BCUT2D eigenvalue weighted by Gasteiger charge is -2.12. The molecule has 0 aromatic carbocycles. The van der Waals surface area contributed by atoms with Gasteiger partial charge in [0.15, 0.2) is 11.5 Å². The lowest BCUT2D eigenvalue weighted by Crippen LogP contribution is -2.37. The average Bonchev–Trinajstić information content (AvgIpc) is 2.82. The second-order valence-corrected chi connectivity index (χ2v) is 6.84. The van der Waals surface area contributed by atoms with Gasteiger partial charge in [0, 0.05) is 18.6 Å². The third-order valence-corrected chi connectivity index (χ3v) is 3.24. The highest BCUT2D eigenvalue weighted by Gasteiger charge is 2.15. The van der Waals surface area contributed by atoms with Crippen LogP contribution in [0.5, 0.6) is 0 Å². The number of hydrogen-bond donors (Lipinski definition) is 6. The summed E-state index contributed by atoms with van der Waals surface area (Å²) in [6, 6.07) is 0. The van der Waals surface area contributed by atoms with E-state index in [0.717, 1.165) is 0 Å².